The molecule has 3 N–H and O–H groups in total. The van der Waals surface area contributed by atoms with E-state index in [-0.39, 0.29) is 5.69 Å². The molecule has 1 aliphatic rings. The van der Waals surface area contributed by atoms with Crippen LogP contribution in [-0.2, 0) is 12.7 Å². The molecule has 12 heteroatoms. The van der Waals surface area contributed by atoms with E-state index < -0.39 is 22.8 Å². The first-order chi connectivity index (χ1) is 18.7. The molecule has 8 nitrogen and oxygen atoms in total. The Morgan fingerprint density at radius 1 is 0.974 bits per heavy atom. The smallest absolute Gasteiger partial charge is 0.417 e. The minimum Gasteiger partial charge on any atom is -0.457 e. The van der Waals surface area contributed by atoms with Crippen LogP contribution in [0, 0.1) is 0 Å². The first kappa shape index (κ1) is 26.7. The van der Waals surface area contributed by atoms with Gasteiger partial charge < -0.3 is 20.7 Å². The third kappa shape index (κ3) is 6.94. The number of carbonyl (C=O) groups excluding carboxylic acids is 1. The van der Waals surface area contributed by atoms with E-state index in [9.17, 15) is 18.0 Å². The molecule has 1 saturated heterocycles. The maximum atomic E-state index is 13.1. The molecule has 0 aliphatic carbocycles. The van der Waals surface area contributed by atoms with E-state index in [1.165, 1.54) is 6.07 Å². The van der Waals surface area contributed by atoms with Gasteiger partial charge in [0.2, 0.25) is 0 Å². The summed E-state index contributed by atoms with van der Waals surface area (Å²) in [5, 5.41) is 7.85. The molecule has 2 amide bonds. The van der Waals surface area contributed by atoms with Crippen LogP contribution in [0.25, 0.3) is 11.0 Å². The second-order valence-electron chi connectivity index (χ2n) is 8.94. The van der Waals surface area contributed by atoms with Gasteiger partial charge in [-0.2, -0.15) is 13.2 Å². The van der Waals surface area contributed by atoms with Crippen LogP contribution in [-0.4, -0.2) is 47.1 Å². The highest BCUT2D eigenvalue weighted by Crippen LogP contribution is 2.36. The number of anilines is 2. The van der Waals surface area contributed by atoms with Crippen molar-refractivity contribution >= 4 is 40.0 Å². The lowest BCUT2D eigenvalue weighted by molar-refractivity contribution is -0.137. The molecule has 1 aromatic heterocycles. The van der Waals surface area contributed by atoms with Crippen molar-refractivity contribution in [1.29, 1.82) is 0 Å². The first-order valence-electron chi connectivity index (χ1n) is 12.1. The molecule has 2 heterocycles. The van der Waals surface area contributed by atoms with Crippen LogP contribution in [0.2, 0.25) is 5.02 Å². The number of hydrogen-bond acceptors (Lipinski definition) is 6. The van der Waals surface area contributed by atoms with Gasteiger partial charge in [0, 0.05) is 56.2 Å². The fourth-order valence-corrected chi connectivity index (χ4v) is 4.38. The summed E-state index contributed by atoms with van der Waals surface area (Å²) in [6.07, 6.45) is -2.85. The number of benzene rings is 3. The minimum atomic E-state index is -4.64. The van der Waals surface area contributed by atoms with Gasteiger partial charge in [-0.05, 0) is 42.5 Å². The van der Waals surface area contributed by atoms with Gasteiger partial charge in [0.1, 0.15) is 11.5 Å². The number of amides is 2. The number of carbonyl (C=O) groups is 1. The molecule has 0 radical (unpaired) electrons. The number of fused-ring (bicyclic) bond motifs is 1. The van der Waals surface area contributed by atoms with Crippen LogP contribution in [0.3, 0.4) is 0 Å². The zero-order valence-electron chi connectivity index (χ0n) is 20.6. The van der Waals surface area contributed by atoms with Crippen molar-refractivity contribution < 1.29 is 22.7 Å². The summed E-state index contributed by atoms with van der Waals surface area (Å²) in [4.78, 5) is 24.0. The fraction of sp³-hybridized carbons (Fsp3) is 0.222. The van der Waals surface area contributed by atoms with E-state index in [1.54, 1.807) is 42.6 Å². The minimum absolute atomic E-state index is 0.0507. The van der Waals surface area contributed by atoms with Gasteiger partial charge in [-0.25, -0.2) is 9.78 Å². The summed E-state index contributed by atoms with van der Waals surface area (Å²) in [6, 6.07) is 14.4. The Hall–Kier alpha value is -3.93. The zero-order valence-corrected chi connectivity index (χ0v) is 21.3. The van der Waals surface area contributed by atoms with Crippen molar-refractivity contribution in [3.05, 3.63) is 83.1 Å². The van der Waals surface area contributed by atoms with Crippen LogP contribution < -0.4 is 20.7 Å². The molecule has 5 rings (SSSR count). The molecular formula is C27H24ClF3N6O2. The van der Waals surface area contributed by atoms with Crippen molar-refractivity contribution in [2.45, 2.75) is 12.7 Å². The molecule has 0 atom stereocenters. The lowest BCUT2D eigenvalue weighted by Gasteiger charge is -2.26. The molecule has 0 saturated carbocycles. The van der Waals surface area contributed by atoms with Crippen LogP contribution in [0.1, 0.15) is 11.3 Å². The second-order valence-corrected chi connectivity index (χ2v) is 9.35. The number of halogens is 4. The van der Waals surface area contributed by atoms with Crippen LogP contribution >= 0.6 is 11.6 Å². The largest absolute Gasteiger partial charge is 0.457 e. The number of alkyl halides is 3. The highest BCUT2D eigenvalue weighted by Gasteiger charge is 2.33. The number of urea groups is 1. The number of piperazine rings is 1. The average molecular weight is 557 g/mol. The topological polar surface area (TPSA) is 91.4 Å². The summed E-state index contributed by atoms with van der Waals surface area (Å²) >= 11 is 5.64. The lowest BCUT2D eigenvalue weighted by Crippen LogP contribution is -2.43. The quantitative estimate of drug-likeness (QED) is 0.264. The molecule has 0 bridgehead atoms. The normalized spacial score (nSPS) is 14.3. The maximum Gasteiger partial charge on any atom is 0.417 e. The lowest BCUT2D eigenvalue weighted by atomic mass is 10.2. The Morgan fingerprint density at radius 3 is 2.49 bits per heavy atom. The zero-order chi connectivity index (χ0) is 27.4. The van der Waals surface area contributed by atoms with Crippen molar-refractivity contribution in [2.24, 2.45) is 0 Å². The summed E-state index contributed by atoms with van der Waals surface area (Å²) in [5.74, 6) is 0.987. The molecule has 0 spiro atoms. The van der Waals surface area contributed by atoms with E-state index in [1.807, 2.05) is 6.07 Å². The van der Waals surface area contributed by atoms with Gasteiger partial charge in [-0.15, -0.1) is 0 Å². The maximum absolute atomic E-state index is 13.1. The number of rotatable bonds is 6. The molecular weight excluding hydrogens is 533 g/mol. The van der Waals surface area contributed by atoms with Gasteiger partial charge in [-0.1, -0.05) is 17.7 Å². The SMILES string of the molecule is O=C(Nc1cccc(Oc2ccc3ncc(CN4CCNCC4)nc3c2)c1)Nc1ccc(Cl)c(C(F)(F)F)c1. The Kier molecular flexibility index (Phi) is 7.82. The van der Waals surface area contributed by atoms with E-state index in [4.69, 9.17) is 21.3 Å². The standard InChI is InChI=1S/C27H24ClF3N6O2/c28-23-6-4-18(13-22(23)27(29,30)31)36-26(38)35-17-2-1-3-20(12-17)39-21-5-7-24-25(14-21)34-19(15-33-24)16-37-10-8-32-9-11-37/h1-7,12-15,32H,8-11,16H2,(H2,35,36,38). The second kappa shape index (κ2) is 11.4. The van der Waals surface area contributed by atoms with E-state index in [2.05, 4.69) is 25.8 Å². The summed E-state index contributed by atoms with van der Waals surface area (Å²) in [5.41, 5.74) is 1.62. The van der Waals surface area contributed by atoms with Crippen molar-refractivity contribution in [2.75, 3.05) is 36.8 Å². The van der Waals surface area contributed by atoms with Crippen LogP contribution in [0.15, 0.2) is 66.9 Å². The molecule has 0 unspecified atom stereocenters. The fourth-order valence-electron chi connectivity index (χ4n) is 4.15. The van der Waals surface area contributed by atoms with Crippen molar-refractivity contribution in [1.82, 2.24) is 20.2 Å². The highest BCUT2D eigenvalue weighted by atomic mass is 35.5. The number of hydrogen-bond donors (Lipinski definition) is 3. The first-order valence-corrected chi connectivity index (χ1v) is 12.5. The van der Waals surface area contributed by atoms with Crippen molar-refractivity contribution in [3.8, 4) is 11.5 Å². The van der Waals surface area contributed by atoms with Crippen molar-refractivity contribution in [3.63, 3.8) is 0 Å². The van der Waals surface area contributed by atoms with E-state index in [0.717, 1.165) is 56.1 Å². The third-order valence-electron chi connectivity index (χ3n) is 6.02. The van der Waals surface area contributed by atoms with E-state index >= 15 is 0 Å². The van der Waals surface area contributed by atoms with Crippen LogP contribution in [0.5, 0.6) is 11.5 Å². The summed E-state index contributed by atoms with van der Waals surface area (Å²) in [6.45, 7) is 4.54. The molecule has 4 aromatic rings. The number of aromatic nitrogens is 2. The Balaban J connectivity index is 1.25. The summed E-state index contributed by atoms with van der Waals surface area (Å²) in [7, 11) is 0. The Bertz CT molecular complexity index is 1490. The Morgan fingerprint density at radius 2 is 1.72 bits per heavy atom. The van der Waals surface area contributed by atoms with Gasteiger partial charge in [-0.3, -0.25) is 9.88 Å². The monoisotopic (exact) mass is 556 g/mol. The van der Waals surface area contributed by atoms with Gasteiger partial charge >= 0.3 is 12.2 Å². The predicted molar refractivity (Wildman–Crippen MR) is 143 cm³/mol. The molecule has 3 aromatic carbocycles. The Labute approximate surface area is 227 Å². The highest BCUT2D eigenvalue weighted by molar-refractivity contribution is 6.31. The van der Waals surface area contributed by atoms with Gasteiger partial charge in [0.25, 0.3) is 0 Å². The molecule has 202 valence electrons. The number of ether oxygens (including phenoxy) is 1. The van der Waals surface area contributed by atoms with Gasteiger partial charge in [0.05, 0.1) is 33.5 Å². The number of nitrogens with one attached hydrogen (secondary N) is 3. The third-order valence-corrected chi connectivity index (χ3v) is 6.35. The molecule has 1 aliphatic heterocycles. The molecule has 1 fully saturated rings. The van der Waals surface area contributed by atoms with Crippen LogP contribution in [0.4, 0.5) is 29.3 Å². The number of nitrogens with zero attached hydrogens (tertiary/aromatic N) is 3. The average Bonchev–Trinajstić information content (AvgIpc) is 2.90. The predicted octanol–water partition coefficient (Wildman–Crippen LogP) is 6.14. The van der Waals surface area contributed by atoms with Gasteiger partial charge in [0.15, 0.2) is 0 Å². The molecule has 39 heavy (non-hydrogen) atoms. The van der Waals surface area contributed by atoms with E-state index in [0.29, 0.717) is 22.7 Å². The summed E-state index contributed by atoms with van der Waals surface area (Å²) < 4.78 is 45.3.